The molecule has 16 heteroatoms. The maximum Gasteiger partial charge on any atom is 0.338 e. The number of rotatable bonds is 20. The van der Waals surface area contributed by atoms with E-state index in [9.17, 15) is 20.2 Å². The largest absolute Gasteiger partial charge is 0.497 e. The van der Waals surface area contributed by atoms with Crippen molar-refractivity contribution in [2.24, 2.45) is 5.11 Å². The van der Waals surface area contributed by atoms with Crippen LogP contribution in [0, 0.1) is 0 Å². The van der Waals surface area contributed by atoms with Gasteiger partial charge >= 0.3 is 11.9 Å². The second-order valence-electron chi connectivity index (χ2n) is 15.2. The van der Waals surface area contributed by atoms with Crippen LogP contribution in [0.2, 0.25) is 0 Å². The van der Waals surface area contributed by atoms with Gasteiger partial charge in [0, 0.05) is 4.91 Å². The predicted molar refractivity (Wildman–Crippen MR) is 233 cm³/mol. The summed E-state index contributed by atoms with van der Waals surface area (Å²) in [6, 6.07) is 42.3. The Hall–Kier alpha value is -6.17. The zero-order valence-corrected chi connectivity index (χ0v) is 35.9. The molecule has 0 spiro atoms. The number of hydrogen-bond donors (Lipinski definition) is 1. The zero-order valence-electron chi connectivity index (χ0n) is 35.9. The molecule has 65 heavy (non-hydrogen) atoms. The number of aliphatic hydroxyl groups is 1. The molecule has 0 amide bonds. The van der Waals surface area contributed by atoms with Gasteiger partial charge in [-0.25, -0.2) is 9.59 Å². The van der Waals surface area contributed by atoms with E-state index < -0.39 is 73.3 Å². The first-order valence-electron chi connectivity index (χ1n) is 21.0. The fraction of sp³-hybridized carbons (Fsp3) is 0.347. The van der Waals surface area contributed by atoms with Crippen LogP contribution in [0.5, 0.6) is 5.75 Å². The lowest BCUT2D eigenvalue weighted by atomic mass is 9.95. The van der Waals surface area contributed by atoms with Crippen LogP contribution in [0.3, 0.4) is 0 Å². The first-order chi connectivity index (χ1) is 31.8. The van der Waals surface area contributed by atoms with Crippen molar-refractivity contribution in [3.8, 4) is 5.75 Å². The Bertz CT molecular complexity index is 2270. The fourth-order valence-electron chi connectivity index (χ4n) is 7.54. The summed E-state index contributed by atoms with van der Waals surface area (Å²) in [6.07, 6.45) is -12.5. The number of nitrogens with zero attached hydrogens (tertiary/aromatic N) is 3. The number of azide groups is 1. The Labute approximate surface area is 376 Å². The number of methoxy groups -OCH3 is 2. The standard InChI is InChI=1S/C49H51N3O13/c1-56-37-25-23-35(24-26-37)27-58-31-38-40(59-28-32-15-7-3-8-16-32)41(60-29-33-17-9-4-10-18-33)39(51-52-50)49(62-38)65-43-42(61-30-34-19-11-5-12-20-34)44(48(55)64-45(43)47(54)57-2)63-46(53)36-21-13-6-14-22-36/h3-26,38-45,48-49,55H,27-31H2,1-2H3/t38-,39-,40-,41-,42+,43+,44-,45-,48+,49-/m1/s1. The molecular weight excluding hydrogens is 839 g/mol. The van der Waals surface area contributed by atoms with Crippen LogP contribution in [0.1, 0.15) is 32.6 Å². The molecule has 16 nitrogen and oxygen atoms in total. The zero-order chi connectivity index (χ0) is 45.4. The van der Waals surface area contributed by atoms with Crippen molar-refractivity contribution in [3.63, 3.8) is 0 Å². The SMILES string of the molecule is COC(=O)[C@@H]1O[C@H](O)[C@H](OC(=O)c2ccccc2)[C@@H](OCc2ccccc2)[C@@H]1O[C@H]1O[C@H](COCc2ccc(OC)cc2)[C@@H](OCc2ccccc2)[C@H](OCc2ccccc2)[C@H]1N=[N+]=[N-]. The van der Waals surface area contributed by atoms with Gasteiger partial charge in [-0.1, -0.05) is 126 Å². The molecule has 10 atom stereocenters. The second kappa shape index (κ2) is 23.7. The summed E-state index contributed by atoms with van der Waals surface area (Å²) in [4.78, 5) is 30.4. The molecule has 1 N–H and O–H groups in total. The normalized spacial score (nSPS) is 25.2. The molecule has 7 rings (SSSR count). The number of benzene rings is 5. The summed E-state index contributed by atoms with van der Waals surface area (Å²) in [5.41, 5.74) is 13.6. The minimum Gasteiger partial charge on any atom is -0.497 e. The second-order valence-corrected chi connectivity index (χ2v) is 15.2. The van der Waals surface area contributed by atoms with Crippen molar-refractivity contribution in [1.82, 2.24) is 0 Å². The Morgan fingerprint density at radius 2 is 1.15 bits per heavy atom. The number of esters is 2. The molecule has 2 saturated heterocycles. The summed E-state index contributed by atoms with van der Waals surface area (Å²) in [5.74, 6) is -1.05. The van der Waals surface area contributed by atoms with Gasteiger partial charge < -0.3 is 52.5 Å². The van der Waals surface area contributed by atoms with Gasteiger partial charge in [0.05, 0.1) is 52.8 Å². The average Bonchev–Trinajstić information content (AvgIpc) is 3.35. The Morgan fingerprint density at radius 1 is 0.631 bits per heavy atom. The summed E-state index contributed by atoms with van der Waals surface area (Å²) >= 11 is 0. The van der Waals surface area contributed by atoms with E-state index in [4.69, 9.17) is 47.4 Å². The van der Waals surface area contributed by atoms with Gasteiger partial charge in [0.25, 0.3) is 0 Å². The van der Waals surface area contributed by atoms with Crippen LogP contribution in [-0.4, -0.2) is 99.2 Å². The van der Waals surface area contributed by atoms with E-state index in [2.05, 4.69) is 10.0 Å². The van der Waals surface area contributed by atoms with Gasteiger partial charge in [0.2, 0.25) is 0 Å². The minimum absolute atomic E-state index is 0.0644. The Morgan fingerprint density at radius 3 is 1.69 bits per heavy atom. The predicted octanol–water partition coefficient (Wildman–Crippen LogP) is 6.87. The number of aliphatic hydroxyl groups excluding tert-OH is 1. The molecule has 0 unspecified atom stereocenters. The monoisotopic (exact) mass is 889 g/mol. The van der Waals surface area contributed by atoms with Crippen LogP contribution >= 0.6 is 0 Å². The lowest BCUT2D eigenvalue weighted by Crippen LogP contribution is -2.66. The van der Waals surface area contributed by atoms with E-state index in [1.54, 1.807) is 37.4 Å². The molecular formula is C49H51N3O13. The highest BCUT2D eigenvalue weighted by atomic mass is 16.7. The van der Waals surface area contributed by atoms with Gasteiger partial charge in [0.1, 0.15) is 42.3 Å². The molecule has 340 valence electrons. The molecule has 2 fully saturated rings. The van der Waals surface area contributed by atoms with E-state index in [-0.39, 0.29) is 38.6 Å². The van der Waals surface area contributed by atoms with E-state index in [0.29, 0.717) is 5.75 Å². The summed E-state index contributed by atoms with van der Waals surface area (Å²) < 4.78 is 61.8. The van der Waals surface area contributed by atoms with Crippen LogP contribution in [0.25, 0.3) is 10.4 Å². The third-order valence-electron chi connectivity index (χ3n) is 10.9. The van der Waals surface area contributed by atoms with E-state index in [1.165, 1.54) is 0 Å². The van der Waals surface area contributed by atoms with Crippen molar-refractivity contribution in [3.05, 3.63) is 184 Å². The van der Waals surface area contributed by atoms with E-state index in [0.717, 1.165) is 29.4 Å². The van der Waals surface area contributed by atoms with Crippen molar-refractivity contribution >= 4 is 11.9 Å². The molecule has 2 aliphatic heterocycles. The highest BCUT2D eigenvalue weighted by molar-refractivity contribution is 5.89. The number of ether oxygens (including phenoxy) is 10. The highest BCUT2D eigenvalue weighted by Gasteiger charge is 2.56. The van der Waals surface area contributed by atoms with Crippen LogP contribution < -0.4 is 4.74 Å². The molecule has 5 aromatic carbocycles. The molecule has 2 aliphatic rings. The van der Waals surface area contributed by atoms with E-state index in [1.807, 2.05) is 115 Å². The van der Waals surface area contributed by atoms with Crippen molar-refractivity contribution < 1.29 is 62.1 Å². The Balaban J connectivity index is 1.26. The fourth-order valence-corrected chi connectivity index (χ4v) is 7.54. The van der Waals surface area contributed by atoms with Gasteiger partial charge in [-0.3, -0.25) is 0 Å². The van der Waals surface area contributed by atoms with Crippen LogP contribution in [0.15, 0.2) is 151 Å². The molecule has 2 heterocycles. The van der Waals surface area contributed by atoms with Gasteiger partial charge in [-0.05, 0) is 52.1 Å². The van der Waals surface area contributed by atoms with Gasteiger partial charge in [0.15, 0.2) is 24.8 Å². The quantitative estimate of drug-likeness (QED) is 0.0368. The molecule has 0 saturated carbocycles. The smallest absolute Gasteiger partial charge is 0.338 e. The number of carbonyl (C=O) groups excluding carboxylic acids is 2. The van der Waals surface area contributed by atoms with Crippen molar-refractivity contribution in [2.45, 2.75) is 87.8 Å². The van der Waals surface area contributed by atoms with Gasteiger partial charge in [-0.15, -0.1) is 0 Å². The van der Waals surface area contributed by atoms with Crippen molar-refractivity contribution in [2.75, 3.05) is 20.8 Å². The van der Waals surface area contributed by atoms with E-state index >= 15 is 0 Å². The maximum atomic E-state index is 13.6. The molecule has 0 bridgehead atoms. The molecule has 0 radical (unpaired) electrons. The summed E-state index contributed by atoms with van der Waals surface area (Å²) in [5, 5.41) is 15.7. The van der Waals surface area contributed by atoms with Crippen LogP contribution in [-0.2, 0) is 73.9 Å². The third-order valence-corrected chi connectivity index (χ3v) is 10.9. The lowest BCUT2D eigenvalue weighted by molar-refractivity contribution is -0.344. The minimum atomic E-state index is -1.88. The van der Waals surface area contributed by atoms with Gasteiger partial charge in [-0.2, -0.15) is 0 Å². The van der Waals surface area contributed by atoms with Crippen molar-refractivity contribution in [1.29, 1.82) is 0 Å². The summed E-state index contributed by atoms with van der Waals surface area (Å²) in [6.45, 7) is 0.247. The third kappa shape index (κ3) is 12.6. The lowest BCUT2D eigenvalue weighted by Gasteiger charge is -2.48. The molecule has 0 aromatic heterocycles. The first-order valence-corrected chi connectivity index (χ1v) is 21.0. The number of carbonyl (C=O) groups is 2. The van der Waals surface area contributed by atoms with Crippen LogP contribution in [0.4, 0.5) is 0 Å². The topological polar surface area (TPSA) is 195 Å². The average molecular weight is 890 g/mol. The number of hydrogen-bond acceptors (Lipinski definition) is 14. The first kappa shape index (κ1) is 46.8. The molecule has 0 aliphatic carbocycles. The molecule has 5 aromatic rings. The highest BCUT2D eigenvalue weighted by Crippen LogP contribution is 2.36. The Kier molecular flexibility index (Phi) is 17.0. The maximum absolute atomic E-state index is 13.6. The summed E-state index contributed by atoms with van der Waals surface area (Å²) in [7, 11) is 2.73.